The van der Waals surface area contributed by atoms with Gasteiger partial charge in [-0.05, 0) is 19.8 Å². The molecule has 0 atom stereocenters. The van der Waals surface area contributed by atoms with Crippen molar-refractivity contribution in [1.82, 2.24) is 10.3 Å². The van der Waals surface area contributed by atoms with Gasteiger partial charge >= 0.3 is 0 Å². The minimum atomic E-state index is 0.402. The number of nitrogens with zero attached hydrogens (tertiary/aromatic N) is 2. The van der Waals surface area contributed by atoms with Gasteiger partial charge in [0.25, 0.3) is 0 Å². The minimum absolute atomic E-state index is 0.402. The molecule has 1 fully saturated rings. The Balaban J connectivity index is 1.81. The maximum absolute atomic E-state index is 5.78. The van der Waals surface area contributed by atoms with E-state index in [0.717, 1.165) is 5.76 Å². The fraction of sp³-hybridized carbons (Fsp3) is 0.636. The van der Waals surface area contributed by atoms with E-state index in [-0.39, 0.29) is 0 Å². The predicted octanol–water partition coefficient (Wildman–Crippen LogP) is 1.33. The third kappa shape index (κ3) is 2.98. The molecule has 1 aromatic rings. The molecule has 0 amide bonds. The van der Waals surface area contributed by atoms with Gasteiger partial charge in [-0.1, -0.05) is 12.8 Å². The van der Waals surface area contributed by atoms with E-state index in [1.807, 2.05) is 6.92 Å². The fourth-order valence-electron chi connectivity index (χ4n) is 1.95. The highest BCUT2D eigenvalue weighted by molar-refractivity contribution is 5.78. The molecule has 1 heterocycles. The van der Waals surface area contributed by atoms with Gasteiger partial charge in [0.2, 0.25) is 5.89 Å². The van der Waals surface area contributed by atoms with E-state index in [1.54, 1.807) is 6.20 Å². The van der Waals surface area contributed by atoms with E-state index >= 15 is 0 Å². The zero-order valence-electron chi connectivity index (χ0n) is 9.57. The first-order valence-electron chi connectivity index (χ1n) is 5.72. The molecule has 2 rings (SSSR count). The highest BCUT2D eigenvalue weighted by atomic mass is 16.4. The number of oxazole rings is 1. The van der Waals surface area contributed by atoms with Crippen molar-refractivity contribution in [1.29, 1.82) is 0 Å². The molecule has 0 aliphatic heterocycles. The molecule has 88 valence electrons. The Labute approximate surface area is 95.1 Å². The van der Waals surface area contributed by atoms with E-state index in [0.29, 0.717) is 24.4 Å². The Kier molecular flexibility index (Phi) is 3.44. The van der Waals surface area contributed by atoms with E-state index in [4.69, 9.17) is 10.2 Å². The lowest BCUT2D eigenvalue weighted by atomic mass is 10.2. The van der Waals surface area contributed by atoms with Gasteiger partial charge in [0, 0.05) is 6.04 Å². The molecule has 0 bridgehead atoms. The summed E-state index contributed by atoms with van der Waals surface area (Å²) in [5.74, 6) is 1.89. The summed E-state index contributed by atoms with van der Waals surface area (Å²) in [6, 6.07) is 0.495. The Morgan fingerprint density at radius 2 is 2.38 bits per heavy atom. The number of nitrogens with two attached hydrogens (primary N) is 1. The van der Waals surface area contributed by atoms with Crippen LogP contribution >= 0.6 is 0 Å². The highest BCUT2D eigenvalue weighted by Gasteiger charge is 2.14. The van der Waals surface area contributed by atoms with Crippen LogP contribution in [0.15, 0.2) is 15.6 Å². The molecular weight excluding hydrogens is 204 g/mol. The van der Waals surface area contributed by atoms with Gasteiger partial charge in [-0.3, -0.25) is 0 Å². The predicted molar refractivity (Wildman–Crippen MR) is 62.0 cm³/mol. The van der Waals surface area contributed by atoms with Gasteiger partial charge < -0.3 is 15.5 Å². The van der Waals surface area contributed by atoms with Crippen LogP contribution in [-0.2, 0) is 6.54 Å². The normalized spacial score (nSPS) is 17.9. The van der Waals surface area contributed by atoms with Crippen LogP contribution in [0.1, 0.15) is 37.3 Å². The third-order valence-electron chi connectivity index (χ3n) is 2.76. The lowest BCUT2D eigenvalue weighted by molar-refractivity contribution is 0.473. The van der Waals surface area contributed by atoms with E-state index in [2.05, 4.69) is 15.3 Å². The summed E-state index contributed by atoms with van der Waals surface area (Å²) in [6.45, 7) is 2.26. The number of guanidine groups is 1. The first kappa shape index (κ1) is 11.0. The van der Waals surface area contributed by atoms with Crippen molar-refractivity contribution in [3.8, 4) is 0 Å². The molecule has 0 unspecified atom stereocenters. The van der Waals surface area contributed by atoms with E-state index in [1.165, 1.54) is 25.7 Å². The topological polar surface area (TPSA) is 76.4 Å². The SMILES string of the molecule is Cc1cnc(CN=C(N)NC2CCCC2)o1. The fourth-order valence-corrected chi connectivity index (χ4v) is 1.95. The Morgan fingerprint density at radius 1 is 1.62 bits per heavy atom. The van der Waals surface area contributed by atoms with Gasteiger partial charge in [0.15, 0.2) is 5.96 Å². The summed E-state index contributed by atoms with van der Waals surface area (Å²) in [4.78, 5) is 8.26. The summed E-state index contributed by atoms with van der Waals surface area (Å²) >= 11 is 0. The zero-order valence-corrected chi connectivity index (χ0v) is 9.57. The molecule has 3 N–H and O–H groups in total. The lowest BCUT2D eigenvalue weighted by Crippen LogP contribution is -2.38. The van der Waals surface area contributed by atoms with Crippen LogP contribution in [0.3, 0.4) is 0 Å². The summed E-state index contributed by atoms with van der Waals surface area (Å²) < 4.78 is 5.30. The molecule has 0 spiro atoms. The number of hydrogen-bond donors (Lipinski definition) is 2. The molecular formula is C11H18N4O. The monoisotopic (exact) mass is 222 g/mol. The molecule has 1 aliphatic rings. The minimum Gasteiger partial charge on any atom is -0.444 e. The highest BCUT2D eigenvalue weighted by Crippen LogP contribution is 2.17. The number of aryl methyl sites for hydroxylation is 1. The zero-order chi connectivity index (χ0) is 11.4. The van der Waals surface area contributed by atoms with E-state index < -0.39 is 0 Å². The van der Waals surface area contributed by atoms with Crippen LogP contribution in [0.25, 0.3) is 0 Å². The summed E-state index contributed by atoms with van der Waals surface area (Å²) in [5, 5.41) is 3.21. The molecule has 0 radical (unpaired) electrons. The lowest BCUT2D eigenvalue weighted by Gasteiger charge is -2.11. The number of aromatic nitrogens is 1. The molecule has 5 heteroatoms. The van der Waals surface area contributed by atoms with Gasteiger partial charge in [0.05, 0.1) is 6.20 Å². The maximum Gasteiger partial charge on any atom is 0.216 e. The van der Waals surface area contributed by atoms with Crippen molar-refractivity contribution in [3.63, 3.8) is 0 Å². The number of nitrogens with one attached hydrogen (secondary N) is 1. The van der Waals surface area contributed by atoms with Gasteiger partial charge in [0.1, 0.15) is 12.3 Å². The first-order chi connectivity index (χ1) is 7.74. The molecule has 1 aliphatic carbocycles. The molecule has 5 nitrogen and oxygen atoms in total. The Bertz CT molecular complexity index is 366. The van der Waals surface area contributed by atoms with Crippen molar-refractivity contribution < 1.29 is 4.42 Å². The number of hydrogen-bond acceptors (Lipinski definition) is 3. The van der Waals surface area contributed by atoms with Crippen molar-refractivity contribution in [3.05, 3.63) is 17.8 Å². The van der Waals surface area contributed by atoms with Crippen LogP contribution in [0.2, 0.25) is 0 Å². The Morgan fingerprint density at radius 3 is 3.00 bits per heavy atom. The van der Waals surface area contributed by atoms with E-state index in [9.17, 15) is 0 Å². The number of rotatable bonds is 3. The summed E-state index contributed by atoms with van der Waals surface area (Å²) in [6.07, 6.45) is 6.63. The van der Waals surface area contributed by atoms with Crippen molar-refractivity contribution in [2.45, 2.75) is 45.2 Å². The first-order valence-corrected chi connectivity index (χ1v) is 5.72. The second-order valence-corrected chi connectivity index (χ2v) is 4.19. The summed E-state index contributed by atoms with van der Waals surface area (Å²) in [7, 11) is 0. The van der Waals surface area contributed by atoms with Crippen LogP contribution in [0.4, 0.5) is 0 Å². The quantitative estimate of drug-likeness (QED) is 0.597. The van der Waals surface area contributed by atoms with Gasteiger partial charge in [-0.25, -0.2) is 9.98 Å². The van der Waals surface area contributed by atoms with Gasteiger partial charge in [-0.2, -0.15) is 0 Å². The molecule has 0 aromatic carbocycles. The van der Waals surface area contributed by atoms with Crippen molar-refractivity contribution >= 4 is 5.96 Å². The van der Waals surface area contributed by atoms with Crippen LogP contribution < -0.4 is 11.1 Å². The van der Waals surface area contributed by atoms with Crippen LogP contribution in [-0.4, -0.2) is 17.0 Å². The van der Waals surface area contributed by atoms with Crippen LogP contribution in [0.5, 0.6) is 0 Å². The smallest absolute Gasteiger partial charge is 0.216 e. The molecule has 1 aromatic heterocycles. The second-order valence-electron chi connectivity index (χ2n) is 4.19. The third-order valence-corrected chi connectivity index (χ3v) is 2.76. The average molecular weight is 222 g/mol. The van der Waals surface area contributed by atoms with Crippen LogP contribution in [0, 0.1) is 6.92 Å². The average Bonchev–Trinajstić information content (AvgIpc) is 2.87. The standard InChI is InChI=1S/C11H18N4O/c1-8-6-13-10(16-8)7-14-11(12)15-9-4-2-3-5-9/h6,9H,2-5,7H2,1H3,(H3,12,14,15). The van der Waals surface area contributed by atoms with Crippen molar-refractivity contribution in [2.75, 3.05) is 0 Å². The second kappa shape index (κ2) is 5.01. The largest absolute Gasteiger partial charge is 0.444 e. The maximum atomic E-state index is 5.78. The molecule has 16 heavy (non-hydrogen) atoms. The van der Waals surface area contributed by atoms with Gasteiger partial charge in [-0.15, -0.1) is 0 Å². The van der Waals surface area contributed by atoms with Crippen molar-refractivity contribution in [2.24, 2.45) is 10.7 Å². The molecule has 1 saturated carbocycles. The number of aliphatic imine (C=N–C) groups is 1. The Hall–Kier alpha value is -1.52. The molecule has 0 saturated heterocycles. The summed E-state index contributed by atoms with van der Waals surface area (Å²) in [5.41, 5.74) is 5.78.